The van der Waals surface area contributed by atoms with Crippen LogP contribution in [0.15, 0.2) is 0 Å². The van der Waals surface area contributed by atoms with Crippen molar-refractivity contribution in [1.82, 2.24) is 5.32 Å². The van der Waals surface area contributed by atoms with E-state index in [0.717, 1.165) is 12.8 Å². The summed E-state index contributed by atoms with van der Waals surface area (Å²) < 4.78 is 0. The summed E-state index contributed by atoms with van der Waals surface area (Å²) in [6.45, 7) is 12.3. The lowest BCUT2D eigenvalue weighted by molar-refractivity contribution is -0.130. The SMILES string of the molecule is CCC(C)(CC)C(=O)C(C)NC(C)C. The van der Waals surface area contributed by atoms with Crippen LogP contribution in [0.3, 0.4) is 0 Å². The monoisotopic (exact) mass is 199 g/mol. The first kappa shape index (κ1) is 13.6. The molecule has 1 unspecified atom stereocenters. The van der Waals surface area contributed by atoms with Gasteiger partial charge in [0.1, 0.15) is 0 Å². The largest absolute Gasteiger partial charge is 0.305 e. The van der Waals surface area contributed by atoms with E-state index in [1.807, 2.05) is 6.92 Å². The number of hydrogen-bond donors (Lipinski definition) is 1. The predicted molar refractivity (Wildman–Crippen MR) is 61.4 cm³/mol. The molecule has 1 N–H and O–H groups in total. The highest BCUT2D eigenvalue weighted by Gasteiger charge is 2.32. The maximum atomic E-state index is 12.1. The fourth-order valence-corrected chi connectivity index (χ4v) is 1.70. The summed E-state index contributed by atoms with van der Waals surface area (Å²) in [6.07, 6.45) is 1.85. The smallest absolute Gasteiger partial charge is 0.155 e. The zero-order valence-electron chi connectivity index (χ0n) is 10.5. The lowest BCUT2D eigenvalue weighted by Gasteiger charge is -2.29. The minimum atomic E-state index is -0.151. The Balaban J connectivity index is 4.43. The number of carbonyl (C=O) groups excluding carboxylic acids is 1. The average molecular weight is 199 g/mol. The zero-order valence-corrected chi connectivity index (χ0v) is 10.5. The van der Waals surface area contributed by atoms with Gasteiger partial charge in [-0.1, -0.05) is 34.6 Å². The van der Waals surface area contributed by atoms with Gasteiger partial charge < -0.3 is 5.32 Å². The van der Waals surface area contributed by atoms with Crippen LogP contribution in [0.2, 0.25) is 0 Å². The molecule has 0 saturated heterocycles. The Morgan fingerprint density at radius 2 is 1.64 bits per heavy atom. The van der Waals surface area contributed by atoms with Gasteiger partial charge in [-0.3, -0.25) is 4.79 Å². The highest BCUT2D eigenvalue weighted by Crippen LogP contribution is 2.27. The first-order chi connectivity index (χ1) is 6.37. The fraction of sp³-hybridized carbons (Fsp3) is 0.917. The van der Waals surface area contributed by atoms with E-state index in [9.17, 15) is 4.79 Å². The molecule has 0 aliphatic rings. The Kier molecular flexibility index (Phi) is 5.35. The Labute approximate surface area is 88.5 Å². The third kappa shape index (κ3) is 3.41. The quantitative estimate of drug-likeness (QED) is 0.712. The normalized spacial score (nSPS) is 14.5. The molecule has 0 amide bonds. The van der Waals surface area contributed by atoms with Crippen molar-refractivity contribution < 1.29 is 4.79 Å². The number of hydrogen-bond acceptors (Lipinski definition) is 2. The maximum absolute atomic E-state index is 12.1. The Morgan fingerprint density at radius 1 is 1.21 bits per heavy atom. The first-order valence-electron chi connectivity index (χ1n) is 5.67. The molecule has 0 aromatic rings. The molecular formula is C12H25NO. The van der Waals surface area contributed by atoms with Gasteiger partial charge in [-0.05, 0) is 19.8 Å². The minimum absolute atomic E-state index is 0.0279. The van der Waals surface area contributed by atoms with E-state index in [2.05, 4.69) is 39.9 Å². The third-order valence-electron chi connectivity index (χ3n) is 3.13. The second-order valence-corrected chi connectivity index (χ2v) is 4.68. The summed E-state index contributed by atoms with van der Waals surface area (Å²) in [4.78, 5) is 12.1. The number of rotatable bonds is 6. The summed E-state index contributed by atoms with van der Waals surface area (Å²) >= 11 is 0. The van der Waals surface area contributed by atoms with Gasteiger partial charge in [-0.15, -0.1) is 0 Å². The van der Waals surface area contributed by atoms with E-state index >= 15 is 0 Å². The van der Waals surface area contributed by atoms with Crippen molar-refractivity contribution in [3.63, 3.8) is 0 Å². The summed E-state index contributed by atoms with van der Waals surface area (Å²) in [5.74, 6) is 0.344. The second kappa shape index (κ2) is 5.50. The van der Waals surface area contributed by atoms with Crippen molar-refractivity contribution in [2.45, 2.75) is 66.5 Å². The van der Waals surface area contributed by atoms with Crippen molar-refractivity contribution >= 4 is 5.78 Å². The molecule has 0 fully saturated rings. The van der Waals surface area contributed by atoms with E-state index in [0.29, 0.717) is 11.8 Å². The van der Waals surface area contributed by atoms with Gasteiger partial charge in [0.25, 0.3) is 0 Å². The molecule has 0 saturated carbocycles. The molecule has 0 aromatic carbocycles. The minimum Gasteiger partial charge on any atom is -0.305 e. The zero-order chi connectivity index (χ0) is 11.4. The Hall–Kier alpha value is -0.370. The molecule has 0 heterocycles. The molecule has 0 aliphatic carbocycles. The third-order valence-corrected chi connectivity index (χ3v) is 3.13. The van der Waals surface area contributed by atoms with E-state index in [-0.39, 0.29) is 11.5 Å². The second-order valence-electron chi connectivity index (χ2n) is 4.68. The van der Waals surface area contributed by atoms with Crippen molar-refractivity contribution in [2.24, 2.45) is 5.41 Å². The molecule has 0 spiro atoms. The molecule has 0 aromatic heterocycles. The van der Waals surface area contributed by atoms with Crippen LogP contribution in [0.1, 0.15) is 54.4 Å². The van der Waals surface area contributed by atoms with Gasteiger partial charge in [0.2, 0.25) is 0 Å². The first-order valence-corrected chi connectivity index (χ1v) is 5.67. The van der Waals surface area contributed by atoms with E-state index < -0.39 is 0 Å². The molecule has 0 radical (unpaired) electrons. The lowest BCUT2D eigenvalue weighted by atomic mass is 9.78. The van der Waals surface area contributed by atoms with Crippen LogP contribution in [-0.4, -0.2) is 17.9 Å². The number of Topliss-reactive ketones (excluding diaryl/α,β-unsaturated/α-hetero) is 1. The lowest BCUT2D eigenvalue weighted by Crippen LogP contribution is -2.45. The molecule has 0 aliphatic heterocycles. The number of nitrogens with one attached hydrogen (secondary N) is 1. The topological polar surface area (TPSA) is 29.1 Å². The Morgan fingerprint density at radius 3 is 1.93 bits per heavy atom. The van der Waals surface area contributed by atoms with Gasteiger partial charge in [0, 0.05) is 11.5 Å². The van der Waals surface area contributed by atoms with Gasteiger partial charge in [-0.2, -0.15) is 0 Å². The molecule has 14 heavy (non-hydrogen) atoms. The van der Waals surface area contributed by atoms with Crippen LogP contribution < -0.4 is 5.32 Å². The molecule has 1 atom stereocenters. The number of carbonyl (C=O) groups is 1. The van der Waals surface area contributed by atoms with Crippen molar-refractivity contribution in [2.75, 3.05) is 0 Å². The van der Waals surface area contributed by atoms with Crippen LogP contribution in [0.4, 0.5) is 0 Å². The van der Waals surface area contributed by atoms with Gasteiger partial charge in [0.05, 0.1) is 6.04 Å². The summed E-state index contributed by atoms with van der Waals surface area (Å²) in [7, 11) is 0. The molecule has 84 valence electrons. The fourth-order valence-electron chi connectivity index (χ4n) is 1.70. The molecule has 0 rings (SSSR count). The van der Waals surface area contributed by atoms with Crippen LogP contribution in [0, 0.1) is 5.41 Å². The number of ketones is 1. The van der Waals surface area contributed by atoms with Crippen molar-refractivity contribution in [3.05, 3.63) is 0 Å². The van der Waals surface area contributed by atoms with Crippen LogP contribution in [-0.2, 0) is 4.79 Å². The highest BCUT2D eigenvalue weighted by molar-refractivity contribution is 5.89. The molecular weight excluding hydrogens is 174 g/mol. The molecule has 2 heteroatoms. The Bertz CT molecular complexity index is 183. The summed E-state index contributed by atoms with van der Waals surface area (Å²) in [5.41, 5.74) is -0.151. The van der Waals surface area contributed by atoms with Crippen molar-refractivity contribution in [1.29, 1.82) is 0 Å². The average Bonchev–Trinajstić information content (AvgIpc) is 2.14. The van der Waals surface area contributed by atoms with Gasteiger partial charge >= 0.3 is 0 Å². The standard InChI is InChI=1S/C12H25NO/c1-7-12(6,8-2)11(14)10(5)13-9(3)4/h9-10,13H,7-8H2,1-6H3. The van der Waals surface area contributed by atoms with E-state index in [1.54, 1.807) is 0 Å². The van der Waals surface area contributed by atoms with Crippen LogP contribution >= 0.6 is 0 Å². The molecule has 0 bridgehead atoms. The van der Waals surface area contributed by atoms with E-state index in [1.165, 1.54) is 0 Å². The van der Waals surface area contributed by atoms with E-state index in [4.69, 9.17) is 0 Å². The van der Waals surface area contributed by atoms with Crippen molar-refractivity contribution in [3.8, 4) is 0 Å². The summed E-state index contributed by atoms with van der Waals surface area (Å²) in [6, 6.07) is 0.340. The van der Waals surface area contributed by atoms with Crippen LogP contribution in [0.25, 0.3) is 0 Å². The maximum Gasteiger partial charge on any atom is 0.155 e. The summed E-state index contributed by atoms with van der Waals surface area (Å²) in [5, 5.41) is 3.27. The predicted octanol–water partition coefficient (Wildman–Crippen LogP) is 2.77. The van der Waals surface area contributed by atoms with Gasteiger partial charge in [0.15, 0.2) is 5.78 Å². The highest BCUT2D eigenvalue weighted by atomic mass is 16.1. The van der Waals surface area contributed by atoms with Gasteiger partial charge in [-0.25, -0.2) is 0 Å². The molecule has 2 nitrogen and oxygen atoms in total. The van der Waals surface area contributed by atoms with Crippen LogP contribution in [0.5, 0.6) is 0 Å².